The van der Waals surface area contributed by atoms with Crippen molar-refractivity contribution in [1.82, 2.24) is 20.5 Å². The van der Waals surface area contributed by atoms with Crippen molar-refractivity contribution in [1.29, 1.82) is 0 Å². The summed E-state index contributed by atoms with van der Waals surface area (Å²) >= 11 is 0. The van der Waals surface area contributed by atoms with Crippen molar-refractivity contribution in [2.45, 2.75) is 37.1 Å². The summed E-state index contributed by atoms with van der Waals surface area (Å²) in [5.74, 6) is -0.115. The molecular weight excluding hydrogens is 361 g/mol. The lowest BCUT2D eigenvalue weighted by Gasteiger charge is -2.48. The molecule has 1 aromatic carbocycles. The van der Waals surface area contributed by atoms with Crippen molar-refractivity contribution in [3.8, 4) is 0 Å². The number of hydrogen-bond donors (Lipinski definition) is 2. The molecule has 150 valence electrons. The van der Waals surface area contributed by atoms with Crippen LogP contribution in [-0.2, 0) is 4.79 Å². The number of carbonyl (C=O) groups is 1. The molecule has 8 heteroatoms. The quantitative estimate of drug-likeness (QED) is 0.601. The largest absolute Gasteiger partial charge is 0.338 e. The fraction of sp³-hybridized carbons (Fsp3) is 0.550. The number of hydrogen-bond acceptors (Lipinski definition) is 4. The van der Waals surface area contributed by atoms with E-state index < -0.39 is 0 Å². The van der Waals surface area contributed by atoms with Crippen molar-refractivity contribution in [3.05, 3.63) is 53.2 Å². The molecule has 1 amide bonds. The molecule has 0 bridgehead atoms. The van der Waals surface area contributed by atoms with E-state index in [4.69, 9.17) is 0 Å². The number of halogens is 1. The number of likely N-dealkylation sites (tertiary alicyclic amines) is 1. The van der Waals surface area contributed by atoms with E-state index in [-0.39, 0.29) is 41.9 Å². The summed E-state index contributed by atoms with van der Waals surface area (Å²) < 4.78 is 13.4. The van der Waals surface area contributed by atoms with Gasteiger partial charge in [0.1, 0.15) is 10.7 Å². The topological polar surface area (TPSA) is 67.7 Å². The minimum atomic E-state index is -0.280. The Hall–Kier alpha value is -2.32. The number of fused-ring (bicyclic) bond motifs is 1. The van der Waals surface area contributed by atoms with Gasteiger partial charge in [-0.25, -0.2) is 4.39 Å². The zero-order chi connectivity index (χ0) is 19.8. The van der Waals surface area contributed by atoms with Gasteiger partial charge in [0.25, 0.3) is 6.04 Å². The van der Waals surface area contributed by atoms with Gasteiger partial charge in [-0.3, -0.25) is 15.4 Å². The first-order valence-electron chi connectivity index (χ1n) is 9.84. The summed E-state index contributed by atoms with van der Waals surface area (Å²) in [6.45, 7) is 5.57. The summed E-state index contributed by atoms with van der Waals surface area (Å²) in [7, 11) is 1.81. The second kappa shape index (κ2) is 7.60. The normalized spacial score (nSPS) is 32.9. The Labute approximate surface area is 164 Å². The fourth-order valence-electron chi connectivity index (χ4n) is 4.83. The zero-order valence-electron chi connectivity index (χ0n) is 16.1. The van der Waals surface area contributed by atoms with Crippen LogP contribution in [0, 0.1) is 16.6 Å². The van der Waals surface area contributed by atoms with Gasteiger partial charge in [-0.15, -0.1) is 5.01 Å². The van der Waals surface area contributed by atoms with Crippen LogP contribution >= 0.6 is 0 Å². The molecule has 0 saturated carbocycles. The molecule has 3 aliphatic rings. The van der Waals surface area contributed by atoms with E-state index >= 15 is 0 Å². The van der Waals surface area contributed by atoms with Gasteiger partial charge in [-0.2, -0.15) is 0 Å². The highest BCUT2D eigenvalue weighted by Crippen LogP contribution is 2.33. The lowest BCUT2D eigenvalue weighted by molar-refractivity contribution is -0.709. The average molecular weight is 388 g/mol. The summed E-state index contributed by atoms with van der Waals surface area (Å²) in [6, 6.07) is 6.28. The van der Waals surface area contributed by atoms with Crippen LogP contribution in [0.5, 0.6) is 0 Å². The highest BCUT2D eigenvalue weighted by molar-refractivity contribution is 5.87. The van der Waals surface area contributed by atoms with Crippen molar-refractivity contribution < 1.29 is 14.1 Å². The number of piperidine rings is 1. The molecule has 1 aromatic rings. The lowest BCUT2D eigenvalue weighted by Crippen LogP contribution is -2.68. The predicted octanol–water partition coefficient (Wildman–Crippen LogP) is 1.19. The van der Waals surface area contributed by atoms with Crippen LogP contribution in [0.15, 0.2) is 36.9 Å². The molecule has 0 aromatic heterocycles. The van der Waals surface area contributed by atoms with Crippen LogP contribution in [0.2, 0.25) is 0 Å². The van der Waals surface area contributed by atoms with E-state index in [0.29, 0.717) is 13.1 Å². The van der Waals surface area contributed by atoms with Gasteiger partial charge in [0.15, 0.2) is 0 Å². The molecule has 7 nitrogen and oxygen atoms in total. The Balaban J connectivity index is 1.61. The number of amides is 1. The first-order chi connectivity index (χ1) is 13.5. The van der Waals surface area contributed by atoms with Crippen LogP contribution in [0.3, 0.4) is 0 Å². The van der Waals surface area contributed by atoms with Gasteiger partial charge in [-0.05, 0) is 36.1 Å². The molecule has 5 atom stereocenters. The van der Waals surface area contributed by atoms with E-state index in [1.165, 1.54) is 18.2 Å². The standard InChI is InChI=1S/C20H27FN5O2/c1-3-18(27)25-11-8-15-16(12-25)22-20(13-4-6-14(21)7-5-13)23-19(15)17-9-10-24(2)26(17)28/h3-7,15-17,19-20,22-23H,1,8-12H2,2H3/q+1. The molecule has 3 heterocycles. The number of nitroso groups, excluding NO2 is 1. The second-order valence-corrected chi connectivity index (χ2v) is 7.93. The van der Waals surface area contributed by atoms with E-state index in [2.05, 4.69) is 17.2 Å². The molecule has 3 fully saturated rings. The zero-order valence-corrected chi connectivity index (χ0v) is 16.1. The molecule has 5 unspecified atom stereocenters. The van der Waals surface area contributed by atoms with Crippen LogP contribution in [0.25, 0.3) is 0 Å². The van der Waals surface area contributed by atoms with Gasteiger partial charge in [0.2, 0.25) is 5.91 Å². The van der Waals surface area contributed by atoms with Crippen molar-refractivity contribution in [3.63, 3.8) is 0 Å². The number of carbonyl (C=O) groups excluding carboxylic acids is 1. The number of rotatable bonds is 3. The molecule has 2 N–H and O–H groups in total. The maximum Gasteiger partial charge on any atom is 0.251 e. The maximum atomic E-state index is 13.4. The minimum Gasteiger partial charge on any atom is -0.338 e. The van der Waals surface area contributed by atoms with Crippen LogP contribution in [-0.4, -0.2) is 65.5 Å². The van der Waals surface area contributed by atoms with E-state index in [1.807, 2.05) is 7.05 Å². The number of hydrazine groups is 1. The Bertz CT molecular complexity index is 770. The smallest absolute Gasteiger partial charge is 0.251 e. The summed E-state index contributed by atoms with van der Waals surface area (Å²) in [6.07, 6.45) is 2.76. The first-order valence-corrected chi connectivity index (χ1v) is 9.84. The van der Waals surface area contributed by atoms with Crippen molar-refractivity contribution >= 4 is 5.91 Å². The Morgan fingerprint density at radius 2 is 2.00 bits per heavy atom. The number of nitrogens with one attached hydrogen (secondary N) is 2. The Morgan fingerprint density at radius 1 is 1.25 bits per heavy atom. The molecule has 3 aliphatic heterocycles. The van der Waals surface area contributed by atoms with Crippen LogP contribution in [0.1, 0.15) is 24.6 Å². The average Bonchev–Trinajstić information content (AvgIpc) is 3.05. The SMILES string of the molecule is C=CC(=O)N1CCC2C(C1)NC(c1ccc(F)cc1)NC2C1CCN(C)[N+]1=O. The molecule has 0 spiro atoms. The number of nitrogens with zero attached hydrogens (tertiary/aromatic N) is 3. The van der Waals surface area contributed by atoms with Crippen LogP contribution in [0.4, 0.5) is 4.39 Å². The molecule has 0 radical (unpaired) electrons. The van der Waals surface area contributed by atoms with Gasteiger partial charge < -0.3 is 4.90 Å². The van der Waals surface area contributed by atoms with Gasteiger partial charge in [0, 0.05) is 25.6 Å². The fourth-order valence-corrected chi connectivity index (χ4v) is 4.83. The number of benzene rings is 1. The summed E-state index contributed by atoms with van der Waals surface area (Å²) in [4.78, 5) is 27.7. The van der Waals surface area contributed by atoms with E-state index in [1.54, 1.807) is 22.0 Å². The second-order valence-electron chi connectivity index (χ2n) is 7.93. The third-order valence-corrected chi connectivity index (χ3v) is 6.34. The highest BCUT2D eigenvalue weighted by Gasteiger charge is 2.52. The third kappa shape index (κ3) is 3.42. The van der Waals surface area contributed by atoms with Gasteiger partial charge >= 0.3 is 0 Å². The molecule has 4 rings (SSSR count). The summed E-state index contributed by atoms with van der Waals surface area (Å²) in [5.41, 5.74) is 0.917. The Kier molecular flexibility index (Phi) is 5.16. The van der Waals surface area contributed by atoms with Gasteiger partial charge in [-0.1, -0.05) is 18.7 Å². The summed E-state index contributed by atoms with van der Waals surface area (Å²) in [5, 5.41) is 8.91. The maximum absolute atomic E-state index is 13.4. The van der Waals surface area contributed by atoms with Gasteiger partial charge in [0.05, 0.1) is 30.7 Å². The van der Waals surface area contributed by atoms with Crippen molar-refractivity contribution in [2.75, 3.05) is 26.7 Å². The van der Waals surface area contributed by atoms with Crippen molar-refractivity contribution in [2.24, 2.45) is 5.92 Å². The molecular formula is C20H27FN5O2+. The van der Waals surface area contributed by atoms with E-state index in [9.17, 15) is 14.1 Å². The third-order valence-electron chi connectivity index (χ3n) is 6.34. The lowest BCUT2D eigenvalue weighted by atomic mass is 9.78. The predicted molar refractivity (Wildman–Crippen MR) is 103 cm³/mol. The highest BCUT2D eigenvalue weighted by atomic mass is 19.1. The Morgan fingerprint density at radius 3 is 2.64 bits per heavy atom. The monoisotopic (exact) mass is 388 g/mol. The molecule has 28 heavy (non-hydrogen) atoms. The molecule has 3 saturated heterocycles. The minimum absolute atomic E-state index is 0.00950. The van der Waals surface area contributed by atoms with Crippen LogP contribution < -0.4 is 10.6 Å². The van der Waals surface area contributed by atoms with E-state index in [0.717, 1.165) is 29.8 Å². The first kappa shape index (κ1) is 19.0. The molecule has 0 aliphatic carbocycles.